The third-order valence-corrected chi connectivity index (χ3v) is 4.07. The minimum Gasteiger partial charge on any atom is -0.480 e. The van der Waals surface area contributed by atoms with Crippen LogP contribution in [0.25, 0.3) is 0 Å². The van der Waals surface area contributed by atoms with Crippen molar-refractivity contribution in [2.45, 2.75) is 64.1 Å². The fourth-order valence-corrected chi connectivity index (χ4v) is 2.84. The summed E-state index contributed by atoms with van der Waals surface area (Å²) in [5, 5.41) is 11.8. The van der Waals surface area contributed by atoms with E-state index in [1.54, 1.807) is 0 Å². The molecule has 102 valence electrons. The van der Waals surface area contributed by atoms with E-state index in [1.165, 1.54) is 0 Å². The molecular weight excluding hydrogens is 232 g/mol. The third-order valence-electron chi connectivity index (χ3n) is 4.07. The van der Waals surface area contributed by atoms with Crippen molar-refractivity contribution in [3.05, 3.63) is 0 Å². The second-order valence-electron chi connectivity index (χ2n) is 5.64. The molecule has 5 nitrogen and oxygen atoms in total. The van der Waals surface area contributed by atoms with Gasteiger partial charge < -0.3 is 15.3 Å². The molecular formula is C13H22N2O3. The van der Waals surface area contributed by atoms with Crippen LogP contribution in [0.4, 0.5) is 4.79 Å². The number of hydrogen-bond acceptors (Lipinski definition) is 2. The molecule has 1 saturated heterocycles. The number of aliphatic carboxylic acids is 1. The number of rotatable bonds is 3. The number of carbonyl (C=O) groups excluding carboxylic acids is 1. The molecule has 2 aliphatic rings. The summed E-state index contributed by atoms with van der Waals surface area (Å²) in [7, 11) is 0. The minimum absolute atomic E-state index is 0.127. The second-order valence-corrected chi connectivity index (χ2v) is 5.64. The van der Waals surface area contributed by atoms with Gasteiger partial charge in [-0.25, -0.2) is 9.59 Å². The molecule has 2 amide bonds. The summed E-state index contributed by atoms with van der Waals surface area (Å²) in [6, 6.07) is -0.530. The number of urea groups is 1. The van der Waals surface area contributed by atoms with E-state index in [1.807, 2.05) is 18.7 Å². The summed E-state index contributed by atoms with van der Waals surface area (Å²) >= 11 is 0. The highest BCUT2D eigenvalue weighted by Crippen LogP contribution is 2.33. The van der Waals surface area contributed by atoms with Crippen molar-refractivity contribution in [1.29, 1.82) is 0 Å². The zero-order chi connectivity index (χ0) is 13.3. The summed E-state index contributed by atoms with van der Waals surface area (Å²) in [5.74, 6) is -0.787. The first-order valence-corrected chi connectivity index (χ1v) is 6.82. The van der Waals surface area contributed by atoms with Gasteiger partial charge in [0, 0.05) is 12.1 Å². The number of carboxylic acids is 1. The van der Waals surface area contributed by atoms with Crippen LogP contribution in [0.1, 0.15) is 46.0 Å². The molecule has 1 heterocycles. The number of carbonyl (C=O) groups is 2. The topological polar surface area (TPSA) is 69.6 Å². The quantitative estimate of drug-likeness (QED) is 0.807. The van der Waals surface area contributed by atoms with Gasteiger partial charge in [0.25, 0.3) is 0 Å². The van der Waals surface area contributed by atoms with Crippen LogP contribution in [0.3, 0.4) is 0 Å². The van der Waals surface area contributed by atoms with Gasteiger partial charge in [0.2, 0.25) is 0 Å². The summed E-state index contributed by atoms with van der Waals surface area (Å²) in [6.45, 7) is 4.06. The zero-order valence-electron chi connectivity index (χ0n) is 11.1. The highest BCUT2D eigenvalue weighted by atomic mass is 16.4. The smallest absolute Gasteiger partial charge is 0.326 e. The number of amides is 2. The highest BCUT2D eigenvalue weighted by Gasteiger charge is 2.39. The van der Waals surface area contributed by atoms with Crippen molar-refractivity contribution in [3.63, 3.8) is 0 Å². The number of nitrogens with zero attached hydrogens (tertiary/aromatic N) is 1. The lowest BCUT2D eigenvalue weighted by Crippen LogP contribution is -2.55. The van der Waals surface area contributed by atoms with Gasteiger partial charge in [-0.2, -0.15) is 0 Å². The Morgan fingerprint density at radius 3 is 2.17 bits per heavy atom. The molecule has 0 bridgehead atoms. The Labute approximate surface area is 108 Å². The largest absolute Gasteiger partial charge is 0.480 e. The normalized spacial score (nSPS) is 29.8. The molecule has 0 aromatic rings. The second kappa shape index (κ2) is 5.16. The van der Waals surface area contributed by atoms with Crippen LogP contribution in [-0.4, -0.2) is 40.1 Å². The average Bonchev–Trinajstić information content (AvgIpc) is 3.09. The molecule has 18 heavy (non-hydrogen) atoms. The standard InChI is InChI=1S/C13H22N2O3/c1-8-4-3-5-9(2)15(8)13(18)14-11(12(16)17)10-6-7-10/h8-11H,3-7H2,1-2H3,(H,14,18)(H,16,17). The van der Waals surface area contributed by atoms with E-state index in [2.05, 4.69) is 5.32 Å². The van der Waals surface area contributed by atoms with Gasteiger partial charge in [0.1, 0.15) is 6.04 Å². The molecule has 2 N–H and O–H groups in total. The van der Waals surface area contributed by atoms with E-state index in [0.717, 1.165) is 32.1 Å². The first kappa shape index (κ1) is 13.2. The molecule has 3 atom stereocenters. The van der Waals surface area contributed by atoms with Gasteiger partial charge in [-0.1, -0.05) is 0 Å². The zero-order valence-corrected chi connectivity index (χ0v) is 11.1. The molecule has 2 fully saturated rings. The van der Waals surface area contributed by atoms with Gasteiger partial charge in [-0.05, 0) is 51.9 Å². The molecule has 1 aliphatic heterocycles. The van der Waals surface area contributed by atoms with Crippen molar-refractivity contribution in [2.75, 3.05) is 0 Å². The minimum atomic E-state index is -0.914. The Hall–Kier alpha value is -1.26. The number of hydrogen-bond donors (Lipinski definition) is 2. The Balaban J connectivity index is 1.98. The van der Waals surface area contributed by atoms with E-state index < -0.39 is 12.0 Å². The van der Waals surface area contributed by atoms with Crippen LogP contribution < -0.4 is 5.32 Å². The monoisotopic (exact) mass is 254 g/mol. The highest BCUT2D eigenvalue weighted by molar-refractivity contribution is 5.83. The van der Waals surface area contributed by atoms with E-state index in [9.17, 15) is 9.59 Å². The molecule has 5 heteroatoms. The van der Waals surface area contributed by atoms with Crippen molar-refractivity contribution < 1.29 is 14.7 Å². The lowest BCUT2D eigenvalue weighted by molar-refractivity contribution is -0.139. The Bertz CT molecular complexity index is 331. The van der Waals surface area contributed by atoms with E-state index >= 15 is 0 Å². The van der Waals surface area contributed by atoms with Crippen LogP contribution in [0.2, 0.25) is 0 Å². The van der Waals surface area contributed by atoms with Gasteiger partial charge in [0.05, 0.1) is 0 Å². The Morgan fingerprint density at radius 1 is 1.17 bits per heavy atom. The Kier molecular flexibility index (Phi) is 3.78. The van der Waals surface area contributed by atoms with Gasteiger partial charge in [-0.15, -0.1) is 0 Å². The molecule has 3 unspecified atom stereocenters. The Morgan fingerprint density at radius 2 is 1.72 bits per heavy atom. The number of nitrogens with one attached hydrogen (secondary N) is 1. The van der Waals surface area contributed by atoms with Gasteiger partial charge in [-0.3, -0.25) is 0 Å². The maximum absolute atomic E-state index is 12.2. The predicted molar refractivity (Wildman–Crippen MR) is 67.3 cm³/mol. The van der Waals surface area contributed by atoms with E-state index in [4.69, 9.17) is 5.11 Å². The lowest BCUT2D eigenvalue weighted by Gasteiger charge is -2.39. The predicted octanol–water partition coefficient (Wildman–Crippen LogP) is 1.82. The maximum atomic E-state index is 12.2. The van der Waals surface area contributed by atoms with Crippen LogP contribution in [0, 0.1) is 5.92 Å². The van der Waals surface area contributed by atoms with Crippen LogP contribution in [-0.2, 0) is 4.79 Å². The average molecular weight is 254 g/mol. The molecule has 0 aromatic carbocycles. The fraction of sp³-hybridized carbons (Fsp3) is 0.846. The first-order chi connectivity index (χ1) is 8.50. The number of carboxylic acid groups (broad SMARTS) is 1. The number of piperidine rings is 1. The van der Waals surface area contributed by atoms with Crippen molar-refractivity contribution in [1.82, 2.24) is 10.2 Å². The molecule has 2 rings (SSSR count). The van der Waals surface area contributed by atoms with Crippen LogP contribution >= 0.6 is 0 Å². The van der Waals surface area contributed by atoms with E-state index in [-0.39, 0.29) is 24.0 Å². The van der Waals surface area contributed by atoms with Crippen LogP contribution in [0.5, 0.6) is 0 Å². The molecule has 0 aromatic heterocycles. The van der Waals surface area contributed by atoms with E-state index in [0.29, 0.717) is 0 Å². The summed E-state index contributed by atoms with van der Waals surface area (Å²) in [5.41, 5.74) is 0. The summed E-state index contributed by atoms with van der Waals surface area (Å²) in [6.07, 6.45) is 4.94. The molecule has 0 spiro atoms. The lowest BCUT2D eigenvalue weighted by atomic mass is 9.98. The summed E-state index contributed by atoms with van der Waals surface area (Å²) < 4.78 is 0. The van der Waals surface area contributed by atoms with Gasteiger partial charge in [0.15, 0.2) is 0 Å². The SMILES string of the molecule is CC1CCCC(C)N1C(=O)NC(C(=O)O)C1CC1. The van der Waals surface area contributed by atoms with Crippen molar-refractivity contribution >= 4 is 12.0 Å². The molecule has 1 aliphatic carbocycles. The van der Waals surface area contributed by atoms with Crippen molar-refractivity contribution in [2.24, 2.45) is 5.92 Å². The molecule has 0 radical (unpaired) electrons. The summed E-state index contributed by atoms with van der Waals surface area (Å²) in [4.78, 5) is 25.2. The third kappa shape index (κ3) is 2.76. The number of likely N-dealkylation sites (tertiary alicyclic amines) is 1. The van der Waals surface area contributed by atoms with Crippen LogP contribution in [0.15, 0.2) is 0 Å². The van der Waals surface area contributed by atoms with Crippen molar-refractivity contribution in [3.8, 4) is 0 Å². The van der Waals surface area contributed by atoms with Gasteiger partial charge >= 0.3 is 12.0 Å². The maximum Gasteiger partial charge on any atom is 0.326 e. The first-order valence-electron chi connectivity index (χ1n) is 6.82. The molecule has 1 saturated carbocycles. The fourth-order valence-electron chi connectivity index (χ4n) is 2.84.